The smallest absolute Gasteiger partial charge is 0.0834 e. The Morgan fingerprint density at radius 3 is 2.57 bits per heavy atom. The van der Waals surface area contributed by atoms with E-state index in [9.17, 15) is 5.11 Å². The van der Waals surface area contributed by atoms with Gasteiger partial charge in [-0.25, -0.2) is 0 Å². The second kappa shape index (κ2) is 4.07. The fraction of sp³-hybridized carbons (Fsp3) is 0.545. The van der Waals surface area contributed by atoms with E-state index >= 15 is 0 Å². The molecular formula is C11H18N2O. The van der Waals surface area contributed by atoms with Gasteiger partial charge < -0.3 is 10.8 Å². The second-order valence-corrected chi connectivity index (χ2v) is 4.14. The Bertz CT molecular complexity index is 283. The molecule has 0 aromatic carbocycles. The van der Waals surface area contributed by atoms with Crippen LogP contribution in [-0.2, 0) is 0 Å². The highest BCUT2D eigenvalue weighted by Gasteiger charge is 2.33. The van der Waals surface area contributed by atoms with Gasteiger partial charge in [-0.3, -0.25) is 4.98 Å². The summed E-state index contributed by atoms with van der Waals surface area (Å²) < 4.78 is 0. The minimum Gasteiger partial charge on any atom is -0.388 e. The first-order valence-electron chi connectivity index (χ1n) is 4.84. The first-order valence-corrected chi connectivity index (χ1v) is 4.84. The molecule has 0 aliphatic heterocycles. The quantitative estimate of drug-likeness (QED) is 0.766. The molecule has 14 heavy (non-hydrogen) atoms. The Kier molecular flexibility index (Phi) is 3.24. The summed E-state index contributed by atoms with van der Waals surface area (Å²) in [6.07, 6.45) is 3.39. The molecule has 0 aliphatic carbocycles. The molecule has 0 bridgehead atoms. The van der Waals surface area contributed by atoms with Crippen LogP contribution >= 0.6 is 0 Å². The van der Waals surface area contributed by atoms with Gasteiger partial charge in [0.2, 0.25) is 0 Å². The molecule has 0 amide bonds. The predicted molar refractivity (Wildman–Crippen MR) is 56.6 cm³/mol. The van der Waals surface area contributed by atoms with Crippen molar-refractivity contribution in [1.82, 2.24) is 4.98 Å². The van der Waals surface area contributed by atoms with Crippen molar-refractivity contribution < 1.29 is 5.11 Å². The van der Waals surface area contributed by atoms with Crippen LogP contribution in [0.2, 0.25) is 0 Å². The van der Waals surface area contributed by atoms with E-state index in [0.717, 1.165) is 5.56 Å². The lowest BCUT2D eigenvalue weighted by atomic mass is 9.82. The van der Waals surface area contributed by atoms with Gasteiger partial charge in [-0.1, -0.05) is 19.9 Å². The van der Waals surface area contributed by atoms with Crippen LogP contribution in [-0.4, -0.2) is 15.7 Å². The van der Waals surface area contributed by atoms with E-state index in [2.05, 4.69) is 4.98 Å². The topological polar surface area (TPSA) is 59.1 Å². The molecule has 0 aliphatic rings. The lowest BCUT2D eigenvalue weighted by molar-refractivity contribution is -0.0119. The molecule has 1 rings (SSSR count). The number of hydrogen-bond acceptors (Lipinski definition) is 3. The zero-order chi connectivity index (χ0) is 10.8. The highest BCUT2D eigenvalue weighted by Crippen LogP contribution is 2.29. The highest BCUT2D eigenvalue weighted by atomic mass is 16.3. The average molecular weight is 194 g/mol. The largest absolute Gasteiger partial charge is 0.388 e. The molecule has 0 fully saturated rings. The predicted octanol–water partition coefficient (Wildman–Crippen LogP) is 1.49. The number of pyridine rings is 1. The van der Waals surface area contributed by atoms with Crippen molar-refractivity contribution in [3.8, 4) is 0 Å². The van der Waals surface area contributed by atoms with Crippen molar-refractivity contribution in [2.45, 2.75) is 32.4 Å². The average Bonchev–Trinajstić information content (AvgIpc) is 2.17. The molecule has 1 aromatic heterocycles. The van der Waals surface area contributed by atoms with Gasteiger partial charge in [0.1, 0.15) is 0 Å². The normalized spacial score (nSPS) is 17.9. The zero-order valence-electron chi connectivity index (χ0n) is 8.94. The number of aliphatic hydroxyl groups is 1. The Balaban J connectivity index is 2.90. The molecule has 0 saturated heterocycles. The summed E-state index contributed by atoms with van der Waals surface area (Å²) in [5.74, 6) is 0.109. The number of aromatic nitrogens is 1. The summed E-state index contributed by atoms with van der Waals surface area (Å²) in [6, 6.07) is 3.32. The molecule has 3 heteroatoms. The molecule has 3 N–H and O–H groups in total. The third kappa shape index (κ3) is 2.11. The summed E-state index contributed by atoms with van der Waals surface area (Å²) in [7, 11) is 0. The number of hydrogen-bond donors (Lipinski definition) is 2. The Morgan fingerprint density at radius 1 is 1.50 bits per heavy atom. The van der Waals surface area contributed by atoms with Crippen LogP contribution in [0.25, 0.3) is 0 Å². The minimum absolute atomic E-state index is 0.109. The fourth-order valence-electron chi connectivity index (χ4n) is 1.26. The Labute approximate surface area is 85.0 Å². The van der Waals surface area contributed by atoms with Crippen molar-refractivity contribution >= 4 is 0 Å². The fourth-order valence-corrected chi connectivity index (χ4v) is 1.26. The molecule has 0 radical (unpaired) electrons. The molecule has 1 aromatic rings. The summed E-state index contributed by atoms with van der Waals surface area (Å²) in [5, 5.41) is 10.2. The molecule has 3 nitrogen and oxygen atoms in total. The summed E-state index contributed by atoms with van der Waals surface area (Å²) in [5.41, 5.74) is 5.95. The van der Waals surface area contributed by atoms with Crippen LogP contribution in [0, 0.1) is 5.92 Å². The van der Waals surface area contributed by atoms with E-state index < -0.39 is 11.6 Å². The van der Waals surface area contributed by atoms with E-state index in [1.54, 1.807) is 19.3 Å². The van der Waals surface area contributed by atoms with Gasteiger partial charge in [0.25, 0.3) is 0 Å². The molecule has 0 spiro atoms. The Hall–Kier alpha value is -0.930. The van der Waals surface area contributed by atoms with Crippen LogP contribution < -0.4 is 5.73 Å². The van der Waals surface area contributed by atoms with Gasteiger partial charge in [-0.2, -0.15) is 0 Å². The maximum atomic E-state index is 10.2. The van der Waals surface area contributed by atoms with Crippen molar-refractivity contribution in [3.63, 3.8) is 0 Å². The highest BCUT2D eigenvalue weighted by molar-refractivity contribution is 5.17. The van der Waals surface area contributed by atoms with Crippen LogP contribution in [0.4, 0.5) is 0 Å². The maximum Gasteiger partial charge on any atom is 0.0834 e. The second-order valence-electron chi connectivity index (χ2n) is 4.14. The molecule has 78 valence electrons. The van der Waals surface area contributed by atoms with Gasteiger partial charge in [-0.15, -0.1) is 0 Å². The van der Waals surface area contributed by atoms with Crippen molar-refractivity contribution in [2.24, 2.45) is 11.7 Å². The number of nitrogens with zero attached hydrogens (tertiary/aromatic N) is 1. The van der Waals surface area contributed by atoms with Crippen LogP contribution in [0.3, 0.4) is 0 Å². The lowest BCUT2D eigenvalue weighted by Crippen LogP contribution is -2.42. The SMILES string of the molecule is CC(C)C(C)(O)C(N)c1cccnc1. The van der Waals surface area contributed by atoms with E-state index in [1.165, 1.54) is 0 Å². The summed E-state index contributed by atoms with van der Waals surface area (Å²) in [4.78, 5) is 3.99. The van der Waals surface area contributed by atoms with Crippen LogP contribution in [0.5, 0.6) is 0 Å². The molecule has 2 unspecified atom stereocenters. The number of nitrogens with two attached hydrogens (primary N) is 1. The zero-order valence-corrected chi connectivity index (χ0v) is 8.94. The van der Waals surface area contributed by atoms with Crippen molar-refractivity contribution in [1.29, 1.82) is 0 Å². The van der Waals surface area contributed by atoms with E-state index in [0.29, 0.717) is 0 Å². The van der Waals surface area contributed by atoms with Gasteiger partial charge in [0.15, 0.2) is 0 Å². The van der Waals surface area contributed by atoms with Gasteiger partial charge in [0.05, 0.1) is 11.6 Å². The third-order valence-corrected chi connectivity index (χ3v) is 2.84. The summed E-state index contributed by atoms with van der Waals surface area (Å²) >= 11 is 0. The van der Waals surface area contributed by atoms with Gasteiger partial charge in [0, 0.05) is 12.4 Å². The first kappa shape index (κ1) is 11.1. The third-order valence-electron chi connectivity index (χ3n) is 2.84. The van der Waals surface area contributed by atoms with E-state index in [4.69, 9.17) is 5.73 Å². The number of rotatable bonds is 3. The van der Waals surface area contributed by atoms with E-state index in [1.807, 2.05) is 26.0 Å². The van der Waals surface area contributed by atoms with Crippen LogP contribution in [0.15, 0.2) is 24.5 Å². The minimum atomic E-state index is -0.900. The monoisotopic (exact) mass is 194 g/mol. The lowest BCUT2D eigenvalue weighted by Gasteiger charge is -2.33. The molecule has 0 saturated carbocycles. The van der Waals surface area contributed by atoms with Crippen molar-refractivity contribution in [2.75, 3.05) is 0 Å². The van der Waals surface area contributed by atoms with Gasteiger partial charge in [-0.05, 0) is 24.5 Å². The first-order chi connectivity index (χ1) is 6.46. The standard InChI is InChI=1S/C11H18N2O/c1-8(2)11(3,14)10(12)9-5-4-6-13-7-9/h4-8,10,14H,12H2,1-3H3. The maximum absolute atomic E-state index is 10.2. The molecule has 1 heterocycles. The molecule has 2 atom stereocenters. The van der Waals surface area contributed by atoms with E-state index in [-0.39, 0.29) is 5.92 Å². The van der Waals surface area contributed by atoms with Crippen molar-refractivity contribution in [3.05, 3.63) is 30.1 Å². The molecular weight excluding hydrogens is 176 g/mol. The Morgan fingerprint density at radius 2 is 2.14 bits per heavy atom. The van der Waals surface area contributed by atoms with Gasteiger partial charge >= 0.3 is 0 Å². The summed E-state index contributed by atoms with van der Waals surface area (Å²) in [6.45, 7) is 5.67. The van der Waals surface area contributed by atoms with Crippen LogP contribution in [0.1, 0.15) is 32.4 Å².